The SMILES string of the molecule is c1ccc(-c2ccc3nncn3c2)cc1. The lowest BCUT2D eigenvalue weighted by Gasteiger charge is -2.01. The number of hydrogen-bond donors (Lipinski definition) is 0. The van der Waals surface area contributed by atoms with E-state index in [1.54, 1.807) is 6.33 Å². The average Bonchev–Trinajstić information content (AvgIpc) is 2.77. The lowest BCUT2D eigenvalue weighted by atomic mass is 10.1. The Morgan fingerprint density at radius 1 is 0.867 bits per heavy atom. The molecular formula is C12H9N3. The zero-order valence-electron chi connectivity index (χ0n) is 8.04. The Morgan fingerprint density at radius 3 is 2.60 bits per heavy atom. The van der Waals surface area contributed by atoms with Gasteiger partial charge in [0.05, 0.1) is 0 Å². The average molecular weight is 195 g/mol. The smallest absolute Gasteiger partial charge is 0.160 e. The van der Waals surface area contributed by atoms with Crippen molar-refractivity contribution in [3.8, 4) is 11.1 Å². The number of benzene rings is 1. The second-order valence-electron chi connectivity index (χ2n) is 3.38. The molecule has 0 atom stereocenters. The highest BCUT2D eigenvalue weighted by atomic mass is 15.2. The highest BCUT2D eigenvalue weighted by molar-refractivity contribution is 5.64. The molecule has 15 heavy (non-hydrogen) atoms. The normalized spacial score (nSPS) is 10.7. The number of pyridine rings is 1. The predicted molar refractivity (Wildman–Crippen MR) is 58.4 cm³/mol. The summed E-state index contributed by atoms with van der Waals surface area (Å²) in [4.78, 5) is 0. The first kappa shape index (κ1) is 8.17. The van der Waals surface area contributed by atoms with Crippen molar-refractivity contribution in [3.05, 3.63) is 55.0 Å². The van der Waals surface area contributed by atoms with E-state index in [2.05, 4.69) is 28.4 Å². The molecule has 2 aromatic heterocycles. The summed E-state index contributed by atoms with van der Waals surface area (Å²) in [6.45, 7) is 0. The van der Waals surface area contributed by atoms with Crippen LogP contribution in [0.25, 0.3) is 16.8 Å². The number of rotatable bonds is 1. The Hall–Kier alpha value is -2.16. The van der Waals surface area contributed by atoms with Gasteiger partial charge in [-0.2, -0.15) is 0 Å². The number of hydrogen-bond acceptors (Lipinski definition) is 2. The van der Waals surface area contributed by atoms with Crippen molar-refractivity contribution in [2.24, 2.45) is 0 Å². The topological polar surface area (TPSA) is 30.2 Å². The van der Waals surface area contributed by atoms with Gasteiger partial charge in [0.1, 0.15) is 6.33 Å². The minimum absolute atomic E-state index is 0.870. The zero-order valence-corrected chi connectivity index (χ0v) is 8.04. The molecule has 0 aliphatic heterocycles. The highest BCUT2D eigenvalue weighted by Gasteiger charge is 1.99. The first-order valence-corrected chi connectivity index (χ1v) is 4.78. The summed E-state index contributed by atoms with van der Waals surface area (Å²) >= 11 is 0. The first-order chi connectivity index (χ1) is 7.43. The van der Waals surface area contributed by atoms with Crippen molar-refractivity contribution < 1.29 is 0 Å². The lowest BCUT2D eigenvalue weighted by Crippen LogP contribution is -1.84. The Balaban J connectivity index is 2.19. The Kier molecular flexibility index (Phi) is 1.75. The van der Waals surface area contributed by atoms with Crippen LogP contribution in [0, 0.1) is 0 Å². The van der Waals surface area contributed by atoms with E-state index in [1.165, 1.54) is 11.1 Å². The van der Waals surface area contributed by atoms with E-state index >= 15 is 0 Å². The van der Waals surface area contributed by atoms with Gasteiger partial charge in [-0.05, 0) is 23.3 Å². The van der Waals surface area contributed by atoms with Crippen LogP contribution in [0.15, 0.2) is 55.0 Å². The maximum absolute atomic E-state index is 3.97. The highest BCUT2D eigenvalue weighted by Crippen LogP contribution is 2.18. The standard InChI is InChI=1S/C12H9N3/c1-2-4-10(5-3-1)11-6-7-12-14-13-9-15(12)8-11/h1-9H. The van der Waals surface area contributed by atoms with E-state index in [-0.39, 0.29) is 0 Å². The molecule has 72 valence electrons. The van der Waals surface area contributed by atoms with E-state index in [4.69, 9.17) is 0 Å². The van der Waals surface area contributed by atoms with E-state index in [1.807, 2.05) is 34.9 Å². The van der Waals surface area contributed by atoms with E-state index in [9.17, 15) is 0 Å². The molecule has 0 unspecified atom stereocenters. The first-order valence-electron chi connectivity index (χ1n) is 4.78. The van der Waals surface area contributed by atoms with Crippen LogP contribution in [-0.2, 0) is 0 Å². The molecular weight excluding hydrogens is 186 g/mol. The summed E-state index contributed by atoms with van der Waals surface area (Å²) < 4.78 is 1.92. The van der Waals surface area contributed by atoms with Crippen LogP contribution in [0.5, 0.6) is 0 Å². The zero-order chi connectivity index (χ0) is 10.1. The van der Waals surface area contributed by atoms with Gasteiger partial charge in [-0.25, -0.2) is 0 Å². The van der Waals surface area contributed by atoms with Crippen LogP contribution < -0.4 is 0 Å². The summed E-state index contributed by atoms with van der Waals surface area (Å²) in [5.74, 6) is 0. The molecule has 0 bridgehead atoms. The molecule has 0 saturated heterocycles. The minimum atomic E-state index is 0.870. The third-order valence-corrected chi connectivity index (χ3v) is 2.40. The quantitative estimate of drug-likeness (QED) is 0.596. The molecule has 3 nitrogen and oxygen atoms in total. The molecule has 0 radical (unpaired) electrons. The van der Waals surface area contributed by atoms with Crippen molar-refractivity contribution in [1.29, 1.82) is 0 Å². The van der Waals surface area contributed by atoms with Gasteiger partial charge in [0.2, 0.25) is 0 Å². The summed E-state index contributed by atoms with van der Waals surface area (Å²) in [7, 11) is 0. The van der Waals surface area contributed by atoms with Crippen LogP contribution in [0.3, 0.4) is 0 Å². The van der Waals surface area contributed by atoms with E-state index in [0.717, 1.165) is 5.65 Å². The minimum Gasteiger partial charge on any atom is -0.288 e. The van der Waals surface area contributed by atoms with Crippen LogP contribution in [0.4, 0.5) is 0 Å². The number of nitrogens with zero attached hydrogens (tertiary/aromatic N) is 3. The monoisotopic (exact) mass is 195 g/mol. The Bertz CT molecular complexity index is 584. The number of fused-ring (bicyclic) bond motifs is 1. The fourth-order valence-electron chi connectivity index (χ4n) is 1.63. The van der Waals surface area contributed by atoms with Crippen molar-refractivity contribution in [3.63, 3.8) is 0 Å². The summed E-state index contributed by atoms with van der Waals surface area (Å²) in [6.07, 6.45) is 3.74. The van der Waals surface area contributed by atoms with Crippen LogP contribution in [-0.4, -0.2) is 14.6 Å². The fraction of sp³-hybridized carbons (Fsp3) is 0. The lowest BCUT2D eigenvalue weighted by molar-refractivity contribution is 1.10. The Labute approximate surface area is 87.0 Å². The Morgan fingerprint density at radius 2 is 1.73 bits per heavy atom. The fourth-order valence-corrected chi connectivity index (χ4v) is 1.63. The molecule has 3 heteroatoms. The maximum atomic E-state index is 3.97. The van der Waals surface area contributed by atoms with Crippen molar-refractivity contribution in [2.45, 2.75) is 0 Å². The van der Waals surface area contributed by atoms with E-state index < -0.39 is 0 Å². The molecule has 0 saturated carbocycles. The molecule has 3 aromatic rings. The van der Waals surface area contributed by atoms with Crippen molar-refractivity contribution >= 4 is 5.65 Å². The summed E-state index contributed by atoms with van der Waals surface area (Å²) in [5, 5.41) is 7.82. The molecule has 1 aromatic carbocycles. The van der Waals surface area contributed by atoms with Crippen molar-refractivity contribution in [2.75, 3.05) is 0 Å². The third-order valence-electron chi connectivity index (χ3n) is 2.40. The van der Waals surface area contributed by atoms with Crippen molar-refractivity contribution in [1.82, 2.24) is 14.6 Å². The van der Waals surface area contributed by atoms with Gasteiger partial charge in [0, 0.05) is 6.20 Å². The second kappa shape index (κ2) is 3.20. The van der Waals surface area contributed by atoms with Gasteiger partial charge < -0.3 is 0 Å². The molecule has 0 aliphatic carbocycles. The van der Waals surface area contributed by atoms with Gasteiger partial charge in [0.25, 0.3) is 0 Å². The molecule has 0 amide bonds. The number of aromatic nitrogens is 3. The van der Waals surface area contributed by atoms with Gasteiger partial charge in [0.15, 0.2) is 5.65 Å². The second-order valence-corrected chi connectivity index (χ2v) is 3.38. The van der Waals surface area contributed by atoms with Gasteiger partial charge >= 0.3 is 0 Å². The maximum Gasteiger partial charge on any atom is 0.160 e. The molecule has 0 fully saturated rings. The molecule has 0 N–H and O–H groups in total. The molecule has 2 heterocycles. The van der Waals surface area contributed by atoms with Gasteiger partial charge in [-0.15, -0.1) is 10.2 Å². The largest absolute Gasteiger partial charge is 0.288 e. The van der Waals surface area contributed by atoms with Gasteiger partial charge in [-0.3, -0.25) is 4.40 Å². The van der Waals surface area contributed by atoms with E-state index in [0.29, 0.717) is 0 Å². The molecule has 0 aliphatic rings. The summed E-state index contributed by atoms with van der Waals surface area (Å²) in [5.41, 5.74) is 3.24. The summed E-state index contributed by atoms with van der Waals surface area (Å²) in [6, 6.07) is 14.3. The van der Waals surface area contributed by atoms with Crippen LogP contribution >= 0.6 is 0 Å². The van der Waals surface area contributed by atoms with Crippen LogP contribution in [0.2, 0.25) is 0 Å². The molecule has 0 spiro atoms. The third kappa shape index (κ3) is 1.38. The van der Waals surface area contributed by atoms with Crippen LogP contribution in [0.1, 0.15) is 0 Å². The molecule has 3 rings (SSSR count). The van der Waals surface area contributed by atoms with Gasteiger partial charge in [-0.1, -0.05) is 30.3 Å². The predicted octanol–water partition coefficient (Wildman–Crippen LogP) is 2.40.